The monoisotopic (exact) mass is 463 g/mol. The second kappa shape index (κ2) is 34.8. The maximum absolute atomic E-state index is 11.6. The van der Waals surface area contributed by atoms with Crippen LogP contribution in [-0.4, -0.2) is 67.4 Å². The second-order valence-corrected chi connectivity index (χ2v) is 7.03. The average molecular weight is 464 g/mol. The van der Waals surface area contributed by atoms with E-state index >= 15 is 0 Å². The molecule has 0 aromatic carbocycles. The van der Waals surface area contributed by atoms with E-state index in [0.29, 0.717) is 5.92 Å². The number of nitrogens with two attached hydrogens (primary N) is 1. The van der Waals surface area contributed by atoms with Crippen molar-refractivity contribution in [3.05, 3.63) is 0 Å². The molecular weight excluding hydrogens is 402 g/mol. The summed E-state index contributed by atoms with van der Waals surface area (Å²) < 4.78 is 0. The molecule has 0 saturated carbocycles. The second-order valence-electron chi connectivity index (χ2n) is 7.03. The number of likely N-dealkylation sites (tertiary alicyclic amines) is 1. The average Bonchev–Trinajstić information content (AvgIpc) is 3.22. The first-order chi connectivity index (χ1) is 15.3. The summed E-state index contributed by atoms with van der Waals surface area (Å²) in [4.78, 5) is 22.5. The number of piperidine rings is 1. The molecule has 0 aromatic heterocycles. The number of carbonyl (C=O) groups is 2. The molecule has 6 heteroatoms. The molecule has 198 valence electrons. The molecule has 2 fully saturated rings. The van der Waals surface area contributed by atoms with Crippen molar-refractivity contribution in [2.24, 2.45) is 17.6 Å². The van der Waals surface area contributed by atoms with Crippen molar-refractivity contribution >= 4 is 12.1 Å². The van der Waals surface area contributed by atoms with E-state index in [0.717, 1.165) is 45.3 Å². The lowest BCUT2D eigenvalue weighted by atomic mass is 9.88. The summed E-state index contributed by atoms with van der Waals surface area (Å²) in [6.07, 6.45) is 4.86. The van der Waals surface area contributed by atoms with Crippen LogP contribution < -0.4 is 11.1 Å². The lowest BCUT2D eigenvalue weighted by Gasteiger charge is -2.25. The van der Waals surface area contributed by atoms with Gasteiger partial charge in [-0.1, -0.05) is 69.2 Å². The first-order valence-electron chi connectivity index (χ1n) is 13.1. The molecule has 2 heterocycles. The standard InChI is InChI=1S/C11H22N2O.C5H11NO.C2H4O.4C2H6/c1-8(2)11(14)10(12)7-9-3-5-13-6-4-9;1-6-3-2-5(7)4-6;1-2-3;4*1-2/h8-10,13H,3-7,12H2,1-2H3;5,7H,2-4H2,1H3;2H,1H3;4*1-2H3/t10-;;;;;;/m0....../s1. The van der Waals surface area contributed by atoms with Gasteiger partial charge >= 0.3 is 0 Å². The van der Waals surface area contributed by atoms with Crippen molar-refractivity contribution in [2.75, 3.05) is 33.2 Å². The number of hydrogen-bond acceptors (Lipinski definition) is 6. The molecule has 0 spiro atoms. The number of carbonyl (C=O) groups excluding carboxylic acids is 2. The lowest BCUT2D eigenvalue weighted by Crippen LogP contribution is -2.38. The SMILES string of the molecule is CC.CC.CC.CC.CC(C)C(=O)[C@@H](N)CC1CCNCC1.CC=O.CN1CCC(O)C1. The van der Waals surface area contributed by atoms with Gasteiger partial charge < -0.3 is 25.9 Å². The van der Waals surface area contributed by atoms with Crippen LogP contribution in [0.1, 0.15) is 102 Å². The molecule has 2 saturated heterocycles. The number of Topliss-reactive ketones (excluding diaryl/α,β-unsaturated/α-hetero) is 1. The lowest BCUT2D eigenvalue weighted by molar-refractivity contribution is -0.123. The third kappa shape index (κ3) is 29.2. The third-order valence-corrected chi connectivity index (χ3v) is 4.35. The predicted octanol–water partition coefficient (Wildman–Crippen LogP) is 4.92. The molecule has 0 aliphatic carbocycles. The van der Waals surface area contributed by atoms with Crippen molar-refractivity contribution in [1.29, 1.82) is 0 Å². The van der Waals surface area contributed by atoms with E-state index < -0.39 is 0 Å². The summed E-state index contributed by atoms with van der Waals surface area (Å²) in [6.45, 7) is 25.4. The van der Waals surface area contributed by atoms with Crippen LogP contribution in [0.3, 0.4) is 0 Å². The van der Waals surface area contributed by atoms with Gasteiger partial charge in [-0.3, -0.25) is 4.79 Å². The minimum Gasteiger partial charge on any atom is -0.392 e. The molecule has 0 aromatic rings. The Hall–Kier alpha value is -0.820. The van der Waals surface area contributed by atoms with Crippen LogP contribution in [0.4, 0.5) is 0 Å². The van der Waals surface area contributed by atoms with Crippen molar-refractivity contribution in [2.45, 2.75) is 114 Å². The predicted molar refractivity (Wildman–Crippen MR) is 143 cm³/mol. The van der Waals surface area contributed by atoms with Crippen LogP contribution >= 0.6 is 0 Å². The van der Waals surface area contributed by atoms with E-state index in [9.17, 15) is 4.79 Å². The van der Waals surface area contributed by atoms with Gasteiger partial charge in [-0.05, 0) is 58.7 Å². The molecule has 32 heavy (non-hydrogen) atoms. The van der Waals surface area contributed by atoms with Gasteiger partial charge in [0.2, 0.25) is 0 Å². The number of hydrogen-bond donors (Lipinski definition) is 3. The van der Waals surface area contributed by atoms with Crippen molar-refractivity contribution < 1.29 is 14.7 Å². The molecule has 2 atom stereocenters. The van der Waals surface area contributed by atoms with Gasteiger partial charge in [0.05, 0.1) is 12.1 Å². The Kier molecular flexibility index (Phi) is 45.0. The smallest absolute Gasteiger partial charge is 0.152 e. The maximum Gasteiger partial charge on any atom is 0.152 e. The molecule has 0 amide bonds. The van der Waals surface area contributed by atoms with E-state index in [1.165, 1.54) is 19.8 Å². The highest BCUT2D eigenvalue weighted by molar-refractivity contribution is 5.85. The minimum atomic E-state index is -0.238. The Morgan fingerprint density at radius 3 is 1.69 bits per heavy atom. The number of aliphatic hydroxyl groups excluding tert-OH is 1. The van der Waals surface area contributed by atoms with Gasteiger partial charge in [-0.2, -0.15) is 0 Å². The number of likely N-dealkylation sites (N-methyl/N-ethyl adjacent to an activating group) is 1. The molecule has 0 radical (unpaired) electrons. The number of nitrogens with zero attached hydrogens (tertiary/aromatic N) is 1. The van der Waals surface area contributed by atoms with Gasteiger partial charge in [0, 0.05) is 19.0 Å². The zero-order chi connectivity index (χ0) is 26.5. The fourth-order valence-electron chi connectivity index (χ4n) is 2.93. The number of nitrogens with one attached hydrogen (secondary N) is 1. The van der Waals surface area contributed by atoms with Gasteiger partial charge in [-0.15, -0.1) is 0 Å². The third-order valence-electron chi connectivity index (χ3n) is 4.35. The van der Waals surface area contributed by atoms with Crippen LogP contribution in [0.15, 0.2) is 0 Å². The highest BCUT2D eigenvalue weighted by Crippen LogP contribution is 2.18. The molecule has 1 unspecified atom stereocenters. The first-order valence-corrected chi connectivity index (χ1v) is 13.1. The molecular formula is C26H61N3O3. The largest absolute Gasteiger partial charge is 0.392 e. The van der Waals surface area contributed by atoms with E-state index in [2.05, 4.69) is 10.2 Å². The van der Waals surface area contributed by atoms with Gasteiger partial charge in [-0.25, -0.2) is 0 Å². The van der Waals surface area contributed by atoms with Gasteiger partial charge in [0.15, 0.2) is 5.78 Å². The van der Waals surface area contributed by atoms with E-state index in [4.69, 9.17) is 15.6 Å². The van der Waals surface area contributed by atoms with Crippen LogP contribution in [0.2, 0.25) is 0 Å². The Morgan fingerprint density at radius 2 is 1.44 bits per heavy atom. The van der Waals surface area contributed by atoms with Gasteiger partial charge in [0.25, 0.3) is 0 Å². The summed E-state index contributed by atoms with van der Waals surface area (Å²) in [7, 11) is 2.02. The summed E-state index contributed by atoms with van der Waals surface area (Å²) >= 11 is 0. The quantitative estimate of drug-likeness (QED) is 0.512. The number of aliphatic hydroxyl groups is 1. The van der Waals surface area contributed by atoms with Crippen molar-refractivity contribution in [3.8, 4) is 0 Å². The Balaban J connectivity index is -0.000000113. The Bertz CT molecular complexity index is 339. The fourth-order valence-corrected chi connectivity index (χ4v) is 2.93. The van der Waals surface area contributed by atoms with E-state index in [1.807, 2.05) is 76.3 Å². The summed E-state index contributed by atoms with van der Waals surface area (Å²) in [6, 6.07) is -0.238. The normalized spacial score (nSPS) is 17.9. The zero-order valence-corrected chi connectivity index (χ0v) is 23.8. The van der Waals surface area contributed by atoms with E-state index in [-0.39, 0.29) is 23.8 Å². The molecule has 0 bridgehead atoms. The van der Waals surface area contributed by atoms with Crippen molar-refractivity contribution in [1.82, 2.24) is 10.2 Å². The van der Waals surface area contributed by atoms with Crippen LogP contribution in [0.25, 0.3) is 0 Å². The summed E-state index contributed by atoms with van der Waals surface area (Å²) in [5.41, 5.74) is 5.88. The zero-order valence-electron chi connectivity index (χ0n) is 23.8. The highest BCUT2D eigenvalue weighted by Gasteiger charge is 2.22. The number of rotatable bonds is 4. The van der Waals surface area contributed by atoms with E-state index in [1.54, 1.807) is 0 Å². The van der Waals surface area contributed by atoms with Crippen molar-refractivity contribution in [3.63, 3.8) is 0 Å². The molecule has 6 nitrogen and oxygen atoms in total. The molecule has 2 aliphatic rings. The number of aldehydes is 1. The topological polar surface area (TPSA) is 95.7 Å². The van der Waals surface area contributed by atoms with Gasteiger partial charge in [0.1, 0.15) is 6.29 Å². The maximum atomic E-state index is 11.6. The molecule has 4 N–H and O–H groups in total. The first kappa shape index (κ1) is 41.4. The van der Waals surface area contributed by atoms with Crippen LogP contribution in [0.5, 0.6) is 0 Å². The highest BCUT2D eigenvalue weighted by atomic mass is 16.3. The number of β-amino-alcohol motifs (C(OH)–C–C–N with tert-alkyl or cyclic N) is 1. The Morgan fingerprint density at radius 1 is 1.03 bits per heavy atom. The fraction of sp³-hybridized carbons (Fsp3) is 0.923. The van der Waals surface area contributed by atoms with Crippen LogP contribution in [0, 0.1) is 11.8 Å². The summed E-state index contributed by atoms with van der Waals surface area (Å²) in [5.74, 6) is 0.934. The molecule has 2 aliphatic heterocycles. The Labute approximate surface area is 202 Å². The van der Waals surface area contributed by atoms with Crippen LogP contribution in [-0.2, 0) is 9.59 Å². The molecule has 2 rings (SSSR count). The number of ketones is 1. The summed E-state index contributed by atoms with van der Waals surface area (Å²) in [5, 5.41) is 12.2. The minimum absolute atomic E-state index is 0.0509.